The molecule has 0 unspecified atom stereocenters. The summed E-state index contributed by atoms with van der Waals surface area (Å²) in [5, 5.41) is 11.7. The summed E-state index contributed by atoms with van der Waals surface area (Å²) in [5.41, 5.74) is 0.658. The molecular weight excluding hydrogens is 289 g/mol. The molecule has 120 valence electrons. The Bertz CT molecular complexity index is 553. The van der Waals surface area contributed by atoms with Gasteiger partial charge in [-0.15, -0.1) is 0 Å². The highest BCUT2D eigenvalue weighted by atomic mass is 19.1. The van der Waals surface area contributed by atoms with Crippen molar-refractivity contribution in [2.45, 2.75) is 32.2 Å². The monoisotopic (exact) mass is 309 g/mol. The van der Waals surface area contributed by atoms with Gasteiger partial charge in [-0.25, -0.2) is 4.39 Å². The fraction of sp³-hybridized carbons (Fsp3) is 0.500. The second-order valence-electron chi connectivity index (χ2n) is 5.57. The van der Waals surface area contributed by atoms with Crippen LogP contribution in [0.15, 0.2) is 18.2 Å². The van der Waals surface area contributed by atoms with E-state index in [1.54, 1.807) is 6.07 Å². The van der Waals surface area contributed by atoms with E-state index in [-0.39, 0.29) is 30.0 Å². The number of carbonyl (C=O) groups is 2. The minimum atomic E-state index is -0.785. The number of halogens is 1. The van der Waals surface area contributed by atoms with Crippen LogP contribution in [0.1, 0.15) is 31.2 Å². The number of hydrogen-bond donors (Lipinski definition) is 2. The lowest BCUT2D eigenvalue weighted by Gasteiger charge is -2.25. The van der Waals surface area contributed by atoms with Crippen LogP contribution in [0.3, 0.4) is 0 Å². The van der Waals surface area contributed by atoms with Gasteiger partial charge in [0.1, 0.15) is 0 Å². The van der Waals surface area contributed by atoms with E-state index < -0.39 is 11.8 Å². The van der Waals surface area contributed by atoms with Gasteiger partial charge in [0.25, 0.3) is 0 Å². The molecule has 0 spiro atoms. The number of ether oxygens (including phenoxy) is 1. The highest BCUT2D eigenvalue weighted by molar-refractivity contribution is 5.79. The van der Waals surface area contributed by atoms with Crippen molar-refractivity contribution in [2.24, 2.45) is 11.8 Å². The fourth-order valence-corrected chi connectivity index (χ4v) is 2.76. The predicted octanol–water partition coefficient (Wildman–Crippen LogP) is 2.34. The second-order valence-corrected chi connectivity index (χ2v) is 5.57. The molecule has 1 amide bonds. The zero-order valence-corrected chi connectivity index (χ0v) is 12.5. The third-order valence-corrected chi connectivity index (χ3v) is 4.13. The predicted molar refractivity (Wildman–Crippen MR) is 77.9 cm³/mol. The number of methoxy groups -OCH3 is 1. The van der Waals surface area contributed by atoms with E-state index in [0.29, 0.717) is 31.2 Å². The number of hydrogen-bond acceptors (Lipinski definition) is 3. The number of amides is 1. The van der Waals surface area contributed by atoms with Crippen LogP contribution >= 0.6 is 0 Å². The maximum Gasteiger partial charge on any atom is 0.306 e. The van der Waals surface area contributed by atoms with Crippen LogP contribution in [0, 0.1) is 17.7 Å². The molecular formula is C16H20FNO4. The van der Waals surface area contributed by atoms with Crippen molar-refractivity contribution in [3.05, 3.63) is 29.6 Å². The summed E-state index contributed by atoms with van der Waals surface area (Å²) in [7, 11) is 1.40. The number of carboxylic acids is 1. The van der Waals surface area contributed by atoms with Crippen LogP contribution in [-0.4, -0.2) is 24.1 Å². The molecule has 22 heavy (non-hydrogen) atoms. The molecule has 0 saturated heterocycles. The molecule has 2 N–H and O–H groups in total. The Morgan fingerprint density at radius 3 is 2.45 bits per heavy atom. The maximum absolute atomic E-state index is 13.6. The van der Waals surface area contributed by atoms with E-state index in [2.05, 4.69) is 5.32 Å². The molecule has 2 rings (SSSR count). The first kappa shape index (κ1) is 16.3. The van der Waals surface area contributed by atoms with Gasteiger partial charge in [-0.3, -0.25) is 9.59 Å². The Labute approximate surface area is 128 Å². The van der Waals surface area contributed by atoms with E-state index in [1.165, 1.54) is 19.2 Å². The minimum Gasteiger partial charge on any atom is -0.494 e. The molecule has 1 aromatic carbocycles. The van der Waals surface area contributed by atoms with Gasteiger partial charge >= 0.3 is 5.97 Å². The highest BCUT2D eigenvalue weighted by Crippen LogP contribution is 2.29. The van der Waals surface area contributed by atoms with Crippen LogP contribution in [0.2, 0.25) is 0 Å². The summed E-state index contributed by atoms with van der Waals surface area (Å²) in [5.74, 6) is -1.66. The quantitative estimate of drug-likeness (QED) is 0.875. The molecule has 6 heteroatoms. The molecule has 1 saturated carbocycles. The van der Waals surface area contributed by atoms with Crippen molar-refractivity contribution in [1.29, 1.82) is 0 Å². The smallest absolute Gasteiger partial charge is 0.306 e. The molecule has 1 aliphatic carbocycles. The molecule has 0 aromatic heterocycles. The molecule has 5 nitrogen and oxygen atoms in total. The number of benzene rings is 1. The third kappa shape index (κ3) is 3.96. The average molecular weight is 309 g/mol. The molecule has 0 radical (unpaired) electrons. The Morgan fingerprint density at radius 2 is 1.91 bits per heavy atom. The molecule has 0 atom stereocenters. The maximum atomic E-state index is 13.6. The van der Waals surface area contributed by atoms with Crippen LogP contribution in [0.5, 0.6) is 5.75 Å². The van der Waals surface area contributed by atoms with Crippen LogP contribution in [0.4, 0.5) is 4.39 Å². The van der Waals surface area contributed by atoms with Crippen LogP contribution in [-0.2, 0) is 16.1 Å². The van der Waals surface area contributed by atoms with E-state index in [1.807, 2.05) is 0 Å². The van der Waals surface area contributed by atoms with Gasteiger partial charge in [-0.2, -0.15) is 0 Å². The Hall–Kier alpha value is -2.11. The SMILES string of the molecule is COc1ccc(CNC(=O)C2CCC(C(=O)O)CC2)cc1F. The van der Waals surface area contributed by atoms with Gasteiger partial charge in [0.05, 0.1) is 13.0 Å². The Morgan fingerprint density at radius 1 is 1.27 bits per heavy atom. The standard InChI is InChI=1S/C16H20FNO4/c1-22-14-7-2-10(8-13(14)17)9-18-15(19)11-3-5-12(6-4-11)16(20)21/h2,7-8,11-12H,3-6,9H2,1H3,(H,18,19)(H,20,21). The van der Waals surface area contributed by atoms with Crippen molar-refractivity contribution in [3.63, 3.8) is 0 Å². The lowest BCUT2D eigenvalue weighted by atomic mass is 9.81. The van der Waals surface area contributed by atoms with Gasteiger partial charge in [0.2, 0.25) is 5.91 Å². The average Bonchev–Trinajstić information content (AvgIpc) is 2.52. The zero-order valence-electron chi connectivity index (χ0n) is 12.5. The Balaban J connectivity index is 1.83. The zero-order chi connectivity index (χ0) is 16.1. The fourth-order valence-electron chi connectivity index (χ4n) is 2.76. The summed E-state index contributed by atoms with van der Waals surface area (Å²) >= 11 is 0. The van der Waals surface area contributed by atoms with Gasteiger partial charge in [-0.1, -0.05) is 6.07 Å². The van der Waals surface area contributed by atoms with E-state index >= 15 is 0 Å². The molecule has 1 aromatic rings. The second kappa shape index (κ2) is 7.24. The van der Waals surface area contributed by atoms with Gasteiger partial charge < -0.3 is 15.2 Å². The largest absolute Gasteiger partial charge is 0.494 e. The summed E-state index contributed by atoms with van der Waals surface area (Å²) in [6.07, 6.45) is 2.23. The first-order chi connectivity index (χ1) is 10.5. The third-order valence-electron chi connectivity index (χ3n) is 4.13. The van der Waals surface area contributed by atoms with Crippen molar-refractivity contribution in [3.8, 4) is 5.75 Å². The van der Waals surface area contributed by atoms with Crippen molar-refractivity contribution < 1.29 is 23.8 Å². The van der Waals surface area contributed by atoms with E-state index in [4.69, 9.17) is 9.84 Å². The number of carbonyl (C=O) groups excluding carboxylic acids is 1. The molecule has 1 fully saturated rings. The summed E-state index contributed by atoms with van der Waals surface area (Å²) in [6, 6.07) is 4.55. The molecule has 0 aliphatic heterocycles. The van der Waals surface area contributed by atoms with Crippen LogP contribution < -0.4 is 10.1 Å². The summed E-state index contributed by atoms with van der Waals surface area (Å²) in [6.45, 7) is 0.249. The molecule has 0 bridgehead atoms. The summed E-state index contributed by atoms with van der Waals surface area (Å²) in [4.78, 5) is 23.0. The van der Waals surface area contributed by atoms with Crippen molar-refractivity contribution in [2.75, 3.05) is 7.11 Å². The minimum absolute atomic E-state index is 0.0972. The normalized spacial score (nSPS) is 21.2. The van der Waals surface area contributed by atoms with Gasteiger partial charge in [-0.05, 0) is 43.4 Å². The first-order valence-electron chi connectivity index (χ1n) is 7.34. The van der Waals surface area contributed by atoms with E-state index in [0.717, 1.165) is 0 Å². The first-order valence-corrected chi connectivity index (χ1v) is 7.34. The molecule has 1 aliphatic rings. The van der Waals surface area contributed by atoms with Crippen molar-refractivity contribution in [1.82, 2.24) is 5.32 Å². The highest BCUT2D eigenvalue weighted by Gasteiger charge is 2.29. The topological polar surface area (TPSA) is 75.6 Å². The van der Waals surface area contributed by atoms with E-state index in [9.17, 15) is 14.0 Å². The number of carboxylic acid groups (broad SMARTS) is 1. The lowest BCUT2D eigenvalue weighted by molar-refractivity contribution is -0.144. The summed E-state index contributed by atoms with van der Waals surface area (Å²) < 4.78 is 18.4. The van der Waals surface area contributed by atoms with Crippen molar-refractivity contribution >= 4 is 11.9 Å². The Kier molecular flexibility index (Phi) is 5.35. The molecule has 0 heterocycles. The number of aliphatic carboxylic acids is 1. The lowest BCUT2D eigenvalue weighted by Crippen LogP contribution is -2.34. The van der Waals surface area contributed by atoms with Crippen LogP contribution in [0.25, 0.3) is 0 Å². The van der Waals surface area contributed by atoms with Gasteiger partial charge in [0, 0.05) is 12.5 Å². The van der Waals surface area contributed by atoms with Gasteiger partial charge in [0.15, 0.2) is 11.6 Å². The number of rotatable bonds is 5. The number of nitrogens with one attached hydrogen (secondary N) is 1.